The van der Waals surface area contributed by atoms with Crippen LogP contribution in [0.2, 0.25) is 0 Å². The molecule has 276 valence electrons. The molecule has 0 atom stereocenters. The molecule has 0 aliphatic heterocycles. The summed E-state index contributed by atoms with van der Waals surface area (Å²) in [4.78, 5) is 10.9. The standard InChI is InChI=1S/C56H31N3S/c1-2-12-35-29-36(28-25-32(35)11-1)33-23-26-34(27-24-33)55-39-13-3-6-20-46(39)57-56(58-55)59-47-21-7-4-14-40(47)53-42-18-9-16-37-38-17-10-19-43-52(38)45(44(51(37)42)30-48(53)59)31-50-54(43)41-15-5-8-22-49(41)60-50/h1-31H. The topological polar surface area (TPSA) is 30.7 Å². The van der Waals surface area contributed by atoms with E-state index in [9.17, 15) is 0 Å². The third-order valence-corrected chi connectivity index (χ3v) is 14.0. The van der Waals surface area contributed by atoms with Crippen LogP contribution in [-0.2, 0) is 0 Å². The van der Waals surface area contributed by atoms with E-state index in [1.54, 1.807) is 0 Å². The third-order valence-electron chi connectivity index (χ3n) is 12.9. The van der Waals surface area contributed by atoms with Crippen molar-refractivity contribution in [2.75, 3.05) is 0 Å². The van der Waals surface area contributed by atoms with Crippen molar-refractivity contribution >= 4 is 118 Å². The van der Waals surface area contributed by atoms with Gasteiger partial charge in [-0.2, -0.15) is 0 Å². The Morgan fingerprint density at radius 3 is 1.78 bits per heavy atom. The lowest BCUT2D eigenvalue weighted by Gasteiger charge is -2.17. The van der Waals surface area contributed by atoms with Gasteiger partial charge >= 0.3 is 0 Å². The molecular formula is C56H31N3S. The Bertz CT molecular complexity index is 4120. The van der Waals surface area contributed by atoms with Gasteiger partial charge < -0.3 is 0 Å². The van der Waals surface area contributed by atoms with Crippen LogP contribution in [0.5, 0.6) is 0 Å². The molecule has 0 aliphatic carbocycles. The molecule has 0 N–H and O–H groups in total. The third kappa shape index (κ3) is 4.38. The molecular weight excluding hydrogens is 747 g/mol. The van der Waals surface area contributed by atoms with Crippen LogP contribution in [0.3, 0.4) is 0 Å². The van der Waals surface area contributed by atoms with Crippen LogP contribution < -0.4 is 0 Å². The smallest absolute Gasteiger partial charge is 0.235 e. The lowest BCUT2D eigenvalue weighted by atomic mass is 9.87. The van der Waals surface area contributed by atoms with Crippen LogP contribution >= 0.6 is 11.3 Å². The second-order valence-corrected chi connectivity index (χ2v) is 17.1. The predicted molar refractivity (Wildman–Crippen MR) is 256 cm³/mol. The maximum atomic E-state index is 5.52. The van der Waals surface area contributed by atoms with Crippen molar-refractivity contribution in [2.24, 2.45) is 0 Å². The highest BCUT2D eigenvalue weighted by molar-refractivity contribution is 7.26. The van der Waals surface area contributed by atoms with Gasteiger partial charge in [-0.1, -0.05) is 152 Å². The van der Waals surface area contributed by atoms with E-state index in [-0.39, 0.29) is 0 Å². The fourth-order valence-electron chi connectivity index (χ4n) is 10.3. The Morgan fingerprint density at radius 2 is 0.950 bits per heavy atom. The van der Waals surface area contributed by atoms with Crippen molar-refractivity contribution in [1.82, 2.24) is 14.5 Å². The Hall–Kier alpha value is -7.66. The second-order valence-electron chi connectivity index (χ2n) is 16.1. The molecule has 0 saturated heterocycles. The van der Waals surface area contributed by atoms with Gasteiger partial charge in [-0.25, -0.2) is 9.97 Å². The Kier molecular flexibility index (Phi) is 6.44. The van der Waals surface area contributed by atoms with Gasteiger partial charge in [0.2, 0.25) is 5.95 Å². The maximum Gasteiger partial charge on any atom is 0.235 e. The van der Waals surface area contributed by atoms with E-state index in [1.807, 2.05) is 11.3 Å². The number of hydrogen-bond donors (Lipinski definition) is 0. The van der Waals surface area contributed by atoms with Gasteiger partial charge in [0.15, 0.2) is 0 Å². The van der Waals surface area contributed by atoms with E-state index in [0.717, 1.165) is 33.2 Å². The molecule has 0 saturated carbocycles. The van der Waals surface area contributed by atoms with Crippen LogP contribution in [0.4, 0.5) is 0 Å². The molecule has 14 rings (SSSR count). The van der Waals surface area contributed by atoms with Crippen LogP contribution in [0.1, 0.15) is 0 Å². The second kappa shape index (κ2) is 12.0. The molecule has 0 fully saturated rings. The van der Waals surface area contributed by atoms with Crippen LogP contribution in [0.15, 0.2) is 188 Å². The van der Waals surface area contributed by atoms with Crippen molar-refractivity contribution < 1.29 is 0 Å². The number of rotatable bonds is 3. The van der Waals surface area contributed by atoms with Gasteiger partial charge in [-0.3, -0.25) is 4.57 Å². The molecule has 11 aromatic carbocycles. The molecule has 0 aliphatic rings. The summed E-state index contributed by atoms with van der Waals surface area (Å²) in [7, 11) is 0. The summed E-state index contributed by atoms with van der Waals surface area (Å²) in [6.07, 6.45) is 0. The number of aromatic nitrogens is 3. The number of hydrogen-bond acceptors (Lipinski definition) is 3. The van der Waals surface area contributed by atoms with Crippen LogP contribution in [-0.4, -0.2) is 14.5 Å². The fourth-order valence-corrected chi connectivity index (χ4v) is 11.5. The predicted octanol–water partition coefficient (Wildman–Crippen LogP) is 15.6. The van der Waals surface area contributed by atoms with Crippen molar-refractivity contribution in [1.29, 1.82) is 0 Å². The molecule has 3 heterocycles. The highest BCUT2D eigenvalue weighted by atomic mass is 32.1. The fraction of sp³-hybridized carbons (Fsp3) is 0. The Morgan fingerprint density at radius 1 is 0.333 bits per heavy atom. The maximum absolute atomic E-state index is 5.52. The van der Waals surface area contributed by atoms with Crippen LogP contribution in [0, 0.1) is 0 Å². The van der Waals surface area contributed by atoms with Gasteiger partial charge in [-0.15, -0.1) is 11.3 Å². The van der Waals surface area contributed by atoms with E-state index in [1.165, 1.54) is 95.9 Å². The number of thiophene rings is 1. The molecule has 60 heavy (non-hydrogen) atoms. The first kappa shape index (κ1) is 32.3. The minimum atomic E-state index is 0.664. The summed E-state index contributed by atoms with van der Waals surface area (Å²) in [5.74, 6) is 0.664. The molecule has 14 aromatic rings. The average molecular weight is 778 g/mol. The minimum absolute atomic E-state index is 0.664. The summed E-state index contributed by atoms with van der Waals surface area (Å²) in [5.41, 5.74) is 7.46. The van der Waals surface area contributed by atoms with E-state index in [2.05, 4.69) is 193 Å². The molecule has 3 aromatic heterocycles. The number of benzene rings is 11. The molecule has 0 amide bonds. The summed E-state index contributed by atoms with van der Waals surface area (Å²) >= 11 is 1.89. The van der Waals surface area contributed by atoms with Gasteiger partial charge in [0, 0.05) is 41.9 Å². The van der Waals surface area contributed by atoms with Gasteiger partial charge in [0.1, 0.15) is 0 Å². The summed E-state index contributed by atoms with van der Waals surface area (Å²) in [6, 6.07) is 68.7. The van der Waals surface area contributed by atoms with Crippen LogP contribution in [0.25, 0.3) is 135 Å². The zero-order chi connectivity index (χ0) is 39.1. The Labute approximate surface area is 347 Å². The Balaban J connectivity index is 1.06. The van der Waals surface area contributed by atoms with Crippen molar-refractivity contribution in [3.05, 3.63) is 188 Å². The zero-order valence-electron chi connectivity index (χ0n) is 32.1. The van der Waals surface area contributed by atoms with Gasteiger partial charge in [-0.05, 0) is 101 Å². The summed E-state index contributed by atoms with van der Waals surface area (Å²) < 4.78 is 4.95. The van der Waals surface area contributed by atoms with E-state index in [0.29, 0.717) is 5.95 Å². The quantitative estimate of drug-likeness (QED) is 0.132. The monoisotopic (exact) mass is 777 g/mol. The highest BCUT2D eigenvalue weighted by Crippen LogP contribution is 2.49. The molecule has 0 unspecified atom stereocenters. The van der Waals surface area contributed by atoms with Gasteiger partial charge in [0.25, 0.3) is 0 Å². The van der Waals surface area contributed by atoms with Gasteiger partial charge in [0.05, 0.1) is 22.2 Å². The first-order valence-electron chi connectivity index (χ1n) is 20.5. The average Bonchev–Trinajstić information content (AvgIpc) is 3.86. The number of fused-ring (bicyclic) bond motifs is 12. The molecule has 0 spiro atoms. The molecule has 3 nitrogen and oxygen atoms in total. The van der Waals surface area contributed by atoms with E-state index < -0.39 is 0 Å². The van der Waals surface area contributed by atoms with E-state index in [4.69, 9.17) is 9.97 Å². The molecule has 0 radical (unpaired) electrons. The molecule has 0 bridgehead atoms. The summed E-state index contributed by atoms with van der Waals surface area (Å²) in [6.45, 7) is 0. The number of para-hydroxylation sites is 2. The minimum Gasteiger partial charge on any atom is -0.278 e. The molecule has 4 heteroatoms. The first-order valence-corrected chi connectivity index (χ1v) is 21.3. The first-order chi connectivity index (χ1) is 29.7. The van der Waals surface area contributed by atoms with Crippen molar-refractivity contribution in [3.63, 3.8) is 0 Å². The summed E-state index contributed by atoms with van der Waals surface area (Å²) in [5, 5.41) is 18.9. The lowest BCUT2D eigenvalue weighted by molar-refractivity contribution is 1.01. The highest BCUT2D eigenvalue weighted by Gasteiger charge is 2.23. The normalized spacial score (nSPS) is 12.3. The van der Waals surface area contributed by atoms with Crippen molar-refractivity contribution in [2.45, 2.75) is 0 Å². The number of nitrogens with zero attached hydrogens (tertiary/aromatic N) is 3. The van der Waals surface area contributed by atoms with E-state index >= 15 is 0 Å². The van der Waals surface area contributed by atoms with Crippen molar-refractivity contribution in [3.8, 4) is 28.3 Å². The zero-order valence-corrected chi connectivity index (χ0v) is 33.0. The SMILES string of the molecule is c1ccc2cc(-c3ccc(-c4nc(-n5c6ccccc6c6c7cccc8c9cccc%10c%11c(cc(c(cc65)c87)c9%10)sc5ccccc5%11)nc5ccccc45)cc3)ccc2c1. The lowest BCUT2D eigenvalue weighted by Crippen LogP contribution is -2.03. The largest absolute Gasteiger partial charge is 0.278 e.